The van der Waals surface area contributed by atoms with E-state index in [0.29, 0.717) is 11.5 Å². The number of carboxylic acid groups (broad SMARTS) is 1. The van der Waals surface area contributed by atoms with Gasteiger partial charge < -0.3 is 28.8 Å². The van der Waals surface area contributed by atoms with Crippen molar-refractivity contribution >= 4 is 43.1 Å². The molecule has 0 saturated carbocycles. The van der Waals surface area contributed by atoms with Crippen LogP contribution in [0.5, 0.6) is 23.0 Å². The molecule has 0 saturated heterocycles. The molecule has 4 rings (SSSR count). The second kappa shape index (κ2) is 10.2. The lowest BCUT2D eigenvalue weighted by atomic mass is 10.0. The van der Waals surface area contributed by atoms with Crippen molar-refractivity contribution in [3.05, 3.63) is 48.3 Å². The highest BCUT2D eigenvalue weighted by Crippen LogP contribution is 2.36. The van der Waals surface area contributed by atoms with Crippen LogP contribution in [0, 0.1) is 6.92 Å². The molecular weight excluding hydrogens is 478 g/mol. The summed E-state index contributed by atoms with van der Waals surface area (Å²) in [6, 6.07) is 12.3. The van der Waals surface area contributed by atoms with Crippen LogP contribution in [0.1, 0.15) is 5.69 Å². The predicted octanol–water partition coefficient (Wildman–Crippen LogP) is 1.70. The van der Waals surface area contributed by atoms with Gasteiger partial charge in [-0.3, -0.25) is 4.55 Å². The predicted molar refractivity (Wildman–Crippen MR) is 127 cm³/mol. The fourth-order valence-corrected chi connectivity index (χ4v) is 4.11. The number of benzene rings is 2. The van der Waals surface area contributed by atoms with Crippen molar-refractivity contribution in [1.29, 1.82) is 0 Å². The normalized spacial score (nSPS) is 11.1. The number of hydrogen-bond donors (Lipinski definition) is 1. The fourth-order valence-electron chi connectivity index (χ4n) is 3.81. The van der Waals surface area contributed by atoms with Crippen LogP contribution in [0.3, 0.4) is 0 Å². The SMILES string of the molecule is COc1cc2cc3c4cc(OC)c(OC)cc4cc[n+]3c(C)c2cc1OC.O=C([O-])CS(=O)(=O)O. The first-order valence-corrected chi connectivity index (χ1v) is 11.8. The summed E-state index contributed by atoms with van der Waals surface area (Å²) >= 11 is 0. The van der Waals surface area contributed by atoms with E-state index in [4.69, 9.17) is 23.5 Å². The van der Waals surface area contributed by atoms with E-state index in [1.165, 1.54) is 0 Å². The number of pyridine rings is 2. The number of methoxy groups -OCH3 is 4. The maximum Gasteiger partial charge on any atom is 0.270 e. The van der Waals surface area contributed by atoms with Crippen LogP contribution in [-0.4, -0.2) is 53.1 Å². The van der Waals surface area contributed by atoms with Crippen LogP contribution in [0.4, 0.5) is 0 Å². The topological polar surface area (TPSA) is 136 Å². The van der Waals surface area contributed by atoms with Gasteiger partial charge in [-0.1, -0.05) is 0 Å². The number of carboxylic acids is 1. The zero-order chi connectivity index (χ0) is 25.9. The molecule has 2 aromatic carbocycles. The lowest BCUT2D eigenvalue weighted by Gasteiger charge is -2.11. The highest BCUT2D eigenvalue weighted by Gasteiger charge is 2.19. The quantitative estimate of drug-likeness (QED) is 0.180. The molecule has 2 heterocycles. The number of rotatable bonds is 6. The summed E-state index contributed by atoms with van der Waals surface area (Å²) in [5.41, 5.74) is 2.21. The van der Waals surface area contributed by atoms with Gasteiger partial charge in [0.25, 0.3) is 10.1 Å². The average Bonchev–Trinajstić information content (AvgIpc) is 2.81. The van der Waals surface area contributed by atoms with Crippen LogP contribution in [0.25, 0.3) is 27.1 Å². The van der Waals surface area contributed by atoms with E-state index in [-0.39, 0.29) is 0 Å². The number of carbonyl (C=O) groups is 1. The van der Waals surface area contributed by atoms with Gasteiger partial charge in [0, 0.05) is 19.1 Å². The Morgan fingerprint density at radius 2 is 1.34 bits per heavy atom. The molecule has 0 atom stereocenters. The van der Waals surface area contributed by atoms with Gasteiger partial charge in [-0.25, -0.2) is 0 Å². The van der Waals surface area contributed by atoms with Crippen LogP contribution in [-0.2, 0) is 14.9 Å². The molecule has 0 spiro atoms. The van der Waals surface area contributed by atoms with Gasteiger partial charge in [0.1, 0.15) is 5.75 Å². The third kappa shape index (κ3) is 5.47. The average molecular weight is 504 g/mol. The number of carbonyl (C=O) groups excluding carboxylic acids is 1. The number of hydrogen-bond acceptors (Lipinski definition) is 8. The number of nitrogens with zero attached hydrogens (tertiary/aromatic N) is 1. The van der Waals surface area contributed by atoms with Crippen molar-refractivity contribution in [2.24, 2.45) is 0 Å². The van der Waals surface area contributed by atoms with Crippen LogP contribution in [0.15, 0.2) is 42.6 Å². The lowest BCUT2D eigenvalue weighted by molar-refractivity contribution is -0.516. The monoisotopic (exact) mass is 503 g/mol. The van der Waals surface area contributed by atoms with E-state index >= 15 is 0 Å². The lowest BCUT2D eigenvalue weighted by Crippen LogP contribution is -2.30. The largest absolute Gasteiger partial charge is 0.549 e. The van der Waals surface area contributed by atoms with Gasteiger partial charge >= 0.3 is 0 Å². The van der Waals surface area contributed by atoms with Crippen molar-refractivity contribution in [3.8, 4) is 23.0 Å². The third-order valence-electron chi connectivity index (χ3n) is 5.39. The highest BCUT2D eigenvalue weighted by molar-refractivity contribution is 7.86. The molecule has 0 aliphatic heterocycles. The van der Waals surface area contributed by atoms with Gasteiger partial charge in [0.05, 0.1) is 45.2 Å². The standard InChI is InChI=1S/C22H22NO4.C2H4O5S/c1-13-16-11-21(26-4)20(25-3)10-15(16)8-18-17-12-22(27-5)19(24-2)9-14(17)6-7-23(13)18;3-2(4)1-8(5,6)7/h6-12H,1-5H3;1H2,(H,3,4)(H,5,6,7)/q+1;/p-1. The molecule has 2 aromatic heterocycles. The minimum absolute atomic E-state index is 0.711. The van der Waals surface area contributed by atoms with E-state index in [2.05, 4.69) is 29.7 Å². The molecule has 4 aromatic rings. The molecule has 0 unspecified atom stereocenters. The second-order valence-electron chi connectivity index (χ2n) is 7.49. The zero-order valence-corrected chi connectivity index (χ0v) is 20.6. The van der Waals surface area contributed by atoms with Crippen molar-refractivity contribution in [3.63, 3.8) is 0 Å². The number of ether oxygens (including phenoxy) is 4. The number of fused-ring (bicyclic) bond motifs is 4. The Morgan fingerprint density at radius 3 is 1.80 bits per heavy atom. The van der Waals surface area contributed by atoms with Crippen LogP contribution in [0.2, 0.25) is 0 Å². The maximum absolute atomic E-state index is 9.58. The Balaban J connectivity index is 0.000000371. The molecule has 0 bridgehead atoms. The Hall–Kier alpha value is -3.83. The molecule has 0 amide bonds. The molecule has 186 valence electrons. The molecule has 35 heavy (non-hydrogen) atoms. The fraction of sp³-hybridized carbons (Fsp3) is 0.250. The first-order chi connectivity index (χ1) is 16.5. The molecule has 0 aliphatic carbocycles. The van der Waals surface area contributed by atoms with Gasteiger partial charge in [0.2, 0.25) is 5.52 Å². The Labute approximate surface area is 202 Å². The van der Waals surface area contributed by atoms with Gasteiger partial charge in [-0.05, 0) is 35.0 Å². The Kier molecular flexibility index (Phi) is 7.51. The van der Waals surface area contributed by atoms with Crippen molar-refractivity contribution < 1.29 is 46.2 Å². The number of aryl methyl sites for hydroxylation is 1. The van der Waals surface area contributed by atoms with E-state index < -0.39 is 21.8 Å². The molecule has 0 aliphatic rings. The third-order valence-corrected chi connectivity index (χ3v) is 5.99. The minimum Gasteiger partial charge on any atom is -0.549 e. The number of aliphatic carboxylic acids is 1. The first-order valence-electron chi connectivity index (χ1n) is 10.2. The molecule has 11 heteroatoms. The van der Waals surface area contributed by atoms with E-state index in [1.54, 1.807) is 28.4 Å². The first kappa shape index (κ1) is 25.8. The molecule has 0 radical (unpaired) electrons. The summed E-state index contributed by atoms with van der Waals surface area (Å²) in [6.07, 6.45) is 2.08. The van der Waals surface area contributed by atoms with Crippen molar-refractivity contribution in [2.75, 3.05) is 34.2 Å². The maximum atomic E-state index is 9.58. The van der Waals surface area contributed by atoms with Crippen LogP contribution >= 0.6 is 0 Å². The summed E-state index contributed by atoms with van der Waals surface area (Å²) in [4.78, 5) is 9.36. The highest BCUT2D eigenvalue weighted by atomic mass is 32.2. The van der Waals surface area contributed by atoms with Crippen molar-refractivity contribution in [1.82, 2.24) is 0 Å². The second-order valence-corrected chi connectivity index (χ2v) is 8.94. The summed E-state index contributed by atoms with van der Waals surface area (Å²) in [7, 11) is 2.22. The summed E-state index contributed by atoms with van der Waals surface area (Å²) in [5.74, 6) is -0.282. The van der Waals surface area contributed by atoms with Crippen molar-refractivity contribution in [2.45, 2.75) is 6.92 Å². The van der Waals surface area contributed by atoms with Gasteiger partial charge in [0.15, 0.2) is 34.9 Å². The summed E-state index contributed by atoms with van der Waals surface area (Å²) in [6.45, 7) is 2.10. The van der Waals surface area contributed by atoms with Gasteiger partial charge in [-0.2, -0.15) is 12.8 Å². The summed E-state index contributed by atoms with van der Waals surface area (Å²) < 4.78 is 51.0. The van der Waals surface area contributed by atoms with E-state index in [0.717, 1.165) is 44.3 Å². The van der Waals surface area contributed by atoms with E-state index in [9.17, 15) is 18.3 Å². The molecular formula is C24H25NO9S. The molecule has 0 fully saturated rings. The summed E-state index contributed by atoms with van der Waals surface area (Å²) in [5, 5.41) is 13.8. The van der Waals surface area contributed by atoms with Crippen LogP contribution < -0.4 is 28.5 Å². The number of aromatic nitrogens is 1. The smallest absolute Gasteiger partial charge is 0.270 e. The molecule has 1 N–H and O–H groups in total. The minimum atomic E-state index is -4.39. The Bertz CT molecular complexity index is 1530. The Morgan fingerprint density at radius 1 is 0.857 bits per heavy atom. The van der Waals surface area contributed by atoms with E-state index in [1.807, 2.05) is 24.3 Å². The molecule has 10 nitrogen and oxygen atoms in total. The zero-order valence-electron chi connectivity index (χ0n) is 19.8. The van der Waals surface area contributed by atoms with Gasteiger partial charge in [-0.15, -0.1) is 0 Å².